The van der Waals surface area contributed by atoms with E-state index in [9.17, 15) is 8.42 Å². The van der Waals surface area contributed by atoms with Crippen molar-refractivity contribution in [3.8, 4) is 0 Å². The minimum absolute atomic E-state index is 0.0262. The molecule has 1 rings (SSSR count). The summed E-state index contributed by atoms with van der Waals surface area (Å²) < 4.78 is 21.5. The van der Waals surface area contributed by atoms with Crippen molar-refractivity contribution in [2.75, 3.05) is 5.73 Å². The van der Waals surface area contributed by atoms with E-state index in [1.165, 1.54) is 6.07 Å². The van der Waals surface area contributed by atoms with Crippen molar-refractivity contribution in [1.29, 1.82) is 0 Å². The number of halogens is 2. The number of rotatable bonds is 1. The standard InChI is InChI=1S/C4H3Cl2NO2S2/c5-4-2(7)1-3(10-4)11(6,8)9/h1H,7H2. The summed E-state index contributed by atoms with van der Waals surface area (Å²) >= 11 is 6.35. The smallest absolute Gasteiger partial charge is 0.270 e. The van der Waals surface area contributed by atoms with Crippen LogP contribution < -0.4 is 5.73 Å². The molecule has 0 aliphatic rings. The normalized spacial score (nSPS) is 11.8. The molecule has 0 spiro atoms. The lowest BCUT2D eigenvalue weighted by Crippen LogP contribution is -1.84. The van der Waals surface area contributed by atoms with Crippen molar-refractivity contribution in [2.45, 2.75) is 4.21 Å². The molecule has 0 saturated carbocycles. The van der Waals surface area contributed by atoms with Crippen LogP contribution in [0, 0.1) is 0 Å². The van der Waals surface area contributed by atoms with E-state index in [2.05, 4.69) is 0 Å². The van der Waals surface area contributed by atoms with Crippen molar-refractivity contribution in [2.24, 2.45) is 0 Å². The summed E-state index contributed by atoms with van der Waals surface area (Å²) in [6.45, 7) is 0. The minimum Gasteiger partial charge on any atom is -0.397 e. The molecule has 0 radical (unpaired) electrons. The molecular formula is C4H3Cl2NO2S2. The summed E-state index contributed by atoms with van der Waals surface area (Å²) in [6.07, 6.45) is 0. The maximum atomic E-state index is 10.7. The van der Waals surface area contributed by atoms with Crippen LogP contribution in [0.2, 0.25) is 4.34 Å². The van der Waals surface area contributed by atoms with Gasteiger partial charge in [-0.3, -0.25) is 0 Å². The van der Waals surface area contributed by atoms with Crippen LogP contribution in [0.3, 0.4) is 0 Å². The maximum Gasteiger partial charge on any atom is 0.270 e. The molecule has 0 aromatic carbocycles. The summed E-state index contributed by atoms with van der Waals surface area (Å²) in [5, 5.41) is 0. The second-order valence-electron chi connectivity index (χ2n) is 1.73. The molecule has 2 N–H and O–H groups in total. The second kappa shape index (κ2) is 2.82. The van der Waals surface area contributed by atoms with Gasteiger partial charge in [0.25, 0.3) is 9.05 Å². The van der Waals surface area contributed by atoms with Crippen LogP contribution in [0.1, 0.15) is 0 Å². The number of anilines is 1. The lowest BCUT2D eigenvalue weighted by atomic mass is 10.6. The summed E-state index contributed by atoms with van der Waals surface area (Å²) in [4.78, 5) is 0. The molecule has 0 aliphatic heterocycles. The molecule has 0 bridgehead atoms. The van der Waals surface area contributed by atoms with Crippen molar-refractivity contribution in [1.82, 2.24) is 0 Å². The van der Waals surface area contributed by atoms with Gasteiger partial charge in [0.15, 0.2) is 0 Å². The molecule has 62 valence electrons. The first-order chi connectivity index (χ1) is 4.91. The first-order valence-electron chi connectivity index (χ1n) is 2.41. The number of hydrogen-bond acceptors (Lipinski definition) is 4. The second-order valence-corrected chi connectivity index (χ2v) is 6.18. The number of thiophene rings is 1. The molecule has 1 aromatic heterocycles. The molecule has 0 fully saturated rings. The van der Waals surface area contributed by atoms with Gasteiger partial charge < -0.3 is 5.73 Å². The third-order valence-electron chi connectivity index (χ3n) is 0.931. The Balaban J connectivity index is 3.29. The quantitative estimate of drug-likeness (QED) is 0.752. The molecule has 0 aliphatic carbocycles. The monoisotopic (exact) mass is 231 g/mol. The number of hydrogen-bond donors (Lipinski definition) is 1. The van der Waals surface area contributed by atoms with Crippen LogP contribution in [-0.2, 0) is 9.05 Å². The van der Waals surface area contributed by atoms with E-state index in [0.29, 0.717) is 0 Å². The highest BCUT2D eigenvalue weighted by molar-refractivity contribution is 8.15. The topological polar surface area (TPSA) is 60.2 Å². The first kappa shape index (κ1) is 9.12. The van der Waals surface area contributed by atoms with Crippen LogP contribution in [0.25, 0.3) is 0 Å². The molecule has 7 heteroatoms. The minimum atomic E-state index is -3.68. The zero-order valence-electron chi connectivity index (χ0n) is 5.04. The predicted molar refractivity (Wildman–Crippen MR) is 46.8 cm³/mol. The summed E-state index contributed by atoms with van der Waals surface area (Å²) in [6, 6.07) is 1.23. The Hall–Kier alpha value is 0.0300. The zero-order chi connectivity index (χ0) is 8.65. The highest BCUT2D eigenvalue weighted by Crippen LogP contribution is 2.34. The first-order valence-corrected chi connectivity index (χ1v) is 5.91. The highest BCUT2D eigenvalue weighted by Gasteiger charge is 2.15. The van der Waals surface area contributed by atoms with Crippen molar-refractivity contribution in [3.63, 3.8) is 0 Å². The van der Waals surface area contributed by atoms with E-state index in [-0.39, 0.29) is 14.2 Å². The van der Waals surface area contributed by atoms with E-state index < -0.39 is 9.05 Å². The van der Waals surface area contributed by atoms with Gasteiger partial charge in [-0.25, -0.2) is 8.42 Å². The van der Waals surface area contributed by atoms with Gasteiger partial charge in [0, 0.05) is 10.7 Å². The van der Waals surface area contributed by atoms with Crippen molar-refractivity contribution < 1.29 is 8.42 Å². The van der Waals surface area contributed by atoms with Crippen LogP contribution in [0.5, 0.6) is 0 Å². The molecule has 1 heterocycles. The molecule has 11 heavy (non-hydrogen) atoms. The molecule has 0 saturated heterocycles. The average Bonchev–Trinajstić information content (AvgIpc) is 2.11. The largest absolute Gasteiger partial charge is 0.397 e. The third kappa shape index (κ3) is 1.99. The van der Waals surface area contributed by atoms with Gasteiger partial charge in [0.1, 0.15) is 8.55 Å². The molecular weight excluding hydrogens is 229 g/mol. The Bertz CT molecular complexity index is 350. The van der Waals surface area contributed by atoms with E-state index in [1.807, 2.05) is 0 Å². The predicted octanol–water partition coefficient (Wildman–Crippen LogP) is 1.91. The Labute approximate surface area is 77.1 Å². The Kier molecular flexibility index (Phi) is 2.34. The summed E-state index contributed by atoms with van der Waals surface area (Å²) in [5.74, 6) is 0. The summed E-state index contributed by atoms with van der Waals surface area (Å²) in [5.41, 5.74) is 5.53. The molecule has 0 amide bonds. The molecule has 0 unspecified atom stereocenters. The SMILES string of the molecule is Nc1cc(S(=O)(=O)Cl)sc1Cl. The average molecular weight is 232 g/mol. The van der Waals surface area contributed by atoms with Crippen molar-refractivity contribution in [3.05, 3.63) is 10.4 Å². The Morgan fingerprint density at radius 2 is 2.09 bits per heavy atom. The van der Waals surface area contributed by atoms with Crippen LogP contribution in [0.4, 0.5) is 5.69 Å². The Morgan fingerprint density at radius 1 is 1.55 bits per heavy atom. The zero-order valence-corrected chi connectivity index (χ0v) is 8.19. The van der Waals surface area contributed by atoms with Crippen LogP contribution in [0.15, 0.2) is 10.3 Å². The number of nitrogen functional groups attached to an aromatic ring is 1. The van der Waals surface area contributed by atoms with Gasteiger partial charge in [0.2, 0.25) is 0 Å². The van der Waals surface area contributed by atoms with Gasteiger partial charge in [0.05, 0.1) is 5.69 Å². The Morgan fingerprint density at radius 3 is 2.27 bits per heavy atom. The van der Waals surface area contributed by atoms with Crippen LogP contribution >= 0.6 is 33.6 Å². The highest BCUT2D eigenvalue weighted by atomic mass is 35.7. The summed E-state index contributed by atoms with van der Waals surface area (Å²) in [7, 11) is 1.33. The lowest BCUT2D eigenvalue weighted by Gasteiger charge is -1.83. The van der Waals surface area contributed by atoms with Crippen molar-refractivity contribution >= 4 is 48.4 Å². The fourth-order valence-electron chi connectivity index (χ4n) is 0.481. The molecule has 3 nitrogen and oxygen atoms in total. The molecule has 0 atom stereocenters. The van der Waals surface area contributed by atoms with E-state index in [4.69, 9.17) is 28.0 Å². The van der Waals surface area contributed by atoms with Gasteiger partial charge in [-0.15, -0.1) is 11.3 Å². The third-order valence-corrected chi connectivity index (χ3v) is 4.39. The van der Waals surface area contributed by atoms with Gasteiger partial charge in [-0.05, 0) is 6.07 Å². The molecule has 1 aromatic rings. The van der Waals surface area contributed by atoms with E-state index in [0.717, 1.165) is 11.3 Å². The van der Waals surface area contributed by atoms with Gasteiger partial charge in [-0.2, -0.15) is 0 Å². The van der Waals surface area contributed by atoms with E-state index >= 15 is 0 Å². The lowest BCUT2D eigenvalue weighted by molar-refractivity contribution is 0.611. The fourth-order valence-corrected chi connectivity index (χ4v) is 2.79. The number of nitrogens with two attached hydrogens (primary N) is 1. The van der Waals surface area contributed by atoms with Gasteiger partial charge >= 0.3 is 0 Å². The van der Waals surface area contributed by atoms with Gasteiger partial charge in [-0.1, -0.05) is 11.6 Å². The fraction of sp³-hybridized carbons (Fsp3) is 0. The van der Waals surface area contributed by atoms with E-state index in [1.54, 1.807) is 0 Å². The van der Waals surface area contributed by atoms with Crippen LogP contribution in [-0.4, -0.2) is 8.42 Å². The maximum absolute atomic E-state index is 10.7.